The first-order valence-electron chi connectivity index (χ1n) is 5.69. The maximum atomic E-state index is 5.78. The minimum atomic E-state index is -0.0115. The Labute approximate surface area is 101 Å². The summed E-state index contributed by atoms with van der Waals surface area (Å²) in [6.45, 7) is 2.13. The Bertz CT molecular complexity index is 315. The van der Waals surface area contributed by atoms with Crippen molar-refractivity contribution in [3.05, 3.63) is 30.3 Å². The minimum absolute atomic E-state index is 0.0115. The van der Waals surface area contributed by atoms with Crippen LogP contribution in [0.5, 0.6) is 0 Å². The van der Waals surface area contributed by atoms with Gasteiger partial charge in [-0.2, -0.15) is 0 Å². The Balaban J connectivity index is 1.92. The predicted octanol–water partition coefficient (Wildman–Crippen LogP) is 3.32. The molecule has 1 aromatic carbocycles. The zero-order valence-electron chi connectivity index (χ0n) is 9.76. The van der Waals surface area contributed by atoms with Crippen LogP contribution in [0.1, 0.15) is 19.8 Å². The fourth-order valence-corrected chi connectivity index (χ4v) is 3.11. The van der Waals surface area contributed by atoms with E-state index in [1.54, 1.807) is 7.11 Å². The molecule has 1 fully saturated rings. The fourth-order valence-electron chi connectivity index (χ4n) is 1.93. The van der Waals surface area contributed by atoms with Crippen molar-refractivity contribution in [2.75, 3.05) is 7.11 Å². The molecule has 0 amide bonds. The normalized spacial score (nSPS) is 30.2. The van der Waals surface area contributed by atoms with Crippen molar-refractivity contribution in [2.45, 2.75) is 42.3 Å². The molecule has 2 nitrogen and oxygen atoms in total. The van der Waals surface area contributed by atoms with Gasteiger partial charge in [0.05, 0.1) is 6.10 Å². The monoisotopic (exact) mass is 238 g/mol. The second kappa shape index (κ2) is 5.71. The summed E-state index contributed by atoms with van der Waals surface area (Å²) in [5.74, 6) is 0. The van der Waals surface area contributed by atoms with Gasteiger partial charge in [0.2, 0.25) is 0 Å². The van der Waals surface area contributed by atoms with E-state index in [0.29, 0.717) is 5.25 Å². The van der Waals surface area contributed by atoms with Gasteiger partial charge in [-0.15, -0.1) is 11.8 Å². The summed E-state index contributed by atoms with van der Waals surface area (Å²) in [5.41, 5.74) is 0. The average Bonchev–Trinajstić information content (AvgIpc) is 2.33. The summed E-state index contributed by atoms with van der Waals surface area (Å²) in [5, 5.41) is 0.536. The van der Waals surface area contributed by atoms with Crippen LogP contribution in [0.4, 0.5) is 0 Å². The summed E-state index contributed by atoms with van der Waals surface area (Å²) in [6.07, 6.45) is 2.39. The van der Waals surface area contributed by atoms with Crippen LogP contribution in [-0.4, -0.2) is 24.8 Å². The van der Waals surface area contributed by atoms with E-state index in [9.17, 15) is 0 Å². The number of thioether (sulfide) groups is 1. The Hall–Kier alpha value is -0.510. The van der Waals surface area contributed by atoms with E-state index in [1.165, 1.54) is 4.90 Å². The molecule has 0 bridgehead atoms. The van der Waals surface area contributed by atoms with Gasteiger partial charge in [-0.3, -0.25) is 0 Å². The van der Waals surface area contributed by atoms with E-state index in [-0.39, 0.29) is 12.4 Å². The third-order valence-corrected chi connectivity index (χ3v) is 4.34. The van der Waals surface area contributed by atoms with Crippen molar-refractivity contribution in [3.63, 3.8) is 0 Å². The highest BCUT2D eigenvalue weighted by Crippen LogP contribution is 2.33. The number of ether oxygens (including phenoxy) is 2. The summed E-state index contributed by atoms with van der Waals surface area (Å²) in [4.78, 5) is 1.32. The van der Waals surface area contributed by atoms with E-state index in [1.807, 2.05) is 17.8 Å². The first-order chi connectivity index (χ1) is 7.79. The molecule has 3 atom stereocenters. The summed E-state index contributed by atoms with van der Waals surface area (Å²) in [7, 11) is 1.71. The molecule has 0 saturated carbocycles. The standard InChI is InChI=1S/C13H18O2S/c1-10-12(8-9-13(14-2)15-10)16-11-6-4-3-5-7-11/h3-7,10,12-13H,8-9H2,1-2H3. The molecule has 16 heavy (non-hydrogen) atoms. The van der Waals surface area contributed by atoms with Gasteiger partial charge in [0, 0.05) is 17.3 Å². The fraction of sp³-hybridized carbons (Fsp3) is 0.538. The van der Waals surface area contributed by atoms with E-state index < -0.39 is 0 Å². The zero-order valence-corrected chi connectivity index (χ0v) is 10.6. The van der Waals surface area contributed by atoms with Crippen LogP contribution in [-0.2, 0) is 9.47 Å². The van der Waals surface area contributed by atoms with Crippen molar-refractivity contribution in [2.24, 2.45) is 0 Å². The van der Waals surface area contributed by atoms with Crippen LogP contribution in [0.2, 0.25) is 0 Å². The van der Waals surface area contributed by atoms with Crippen molar-refractivity contribution >= 4 is 11.8 Å². The Morgan fingerprint density at radius 3 is 2.62 bits per heavy atom. The molecule has 1 aliphatic rings. The molecule has 0 aliphatic carbocycles. The van der Waals surface area contributed by atoms with Gasteiger partial charge in [0.15, 0.2) is 6.29 Å². The molecule has 1 aliphatic heterocycles. The van der Waals surface area contributed by atoms with Crippen LogP contribution in [0.15, 0.2) is 35.2 Å². The maximum Gasteiger partial charge on any atom is 0.157 e. The molecule has 1 saturated heterocycles. The van der Waals surface area contributed by atoms with Crippen LogP contribution >= 0.6 is 11.8 Å². The van der Waals surface area contributed by atoms with Gasteiger partial charge >= 0.3 is 0 Å². The first-order valence-corrected chi connectivity index (χ1v) is 6.57. The van der Waals surface area contributed by atoms with E-state index in [0.717, 1.165) is 12.8 Å². The largest absolute Gasteiger partial charge is 0.356 e. The van der Waals surface area contributed by atoms with Gasteiger partial charge in [0.25, 0.3) is 0 Å². The lowest BCUT2D eigenvalue weighted by molar-refractivity contribution is -0.172. The lowest BCUT2D eigenvalue weighted by Crippen LogP contribution is -2.35. The van der Waals surface area contributed by atoms with Crippen molar-refractivity contribution in [3.8, 4) is 0 Å². The first kappa shape index (κ1) is 12.0. The molecule has 2 rings (SSSR count). The van der Waals surface area contributed by atoms with Crippen molar-refractivity contribution in [1.82, 2.24) is 0 Å². The molecule has 3 heteroatoms. The number of rotatable bonds is 3. The molecule has 0 radical (unpaired) electrons. The second-order valence-corrected chi connectivity index (χ2v) is 5.37. The highest BCUT2D eigenvalue weighted by molar-refractivity contribution is 8.00. The van der Waals surface area contributed by atoms with E-state index in [2.05, 4.69) is 31.2 Å². The molecular formula is C13H18O2S. The molecule has 88 valence electrons. The van der Waals surface area contributed by atoms with Crippen LogP contribution < -0.4 is 0 Å². The number of methoxy groups -OCH3 is 1. The summed E-state index contributed by atoms with van der Waals surface area (Å²) >= 11 is 1.90. The third kappa shape index (κ3) is 3.00. The number of hydrogen-bond donors (Lipinski definition) is 0. The summed E-state index contributed by atoms with van der Waals surface area (Å²) < 4.78 is 11.0. The lowest BCUT2D eigenvalue weighted by atomic mass is 10.1. The Morgan fingerprint density at radius 1 is 1.25 bits per heavy atom. The SMILES string of the molecule is COC1CCC(Sc2ccccc2)C(C)O1. The van der Waals surface area contributed by atoms with Gasteiger partial charge in [-0.1, -0.05) is 18.2 Å². The van der Waals surface area contributed by atoms with Gasteiger partial charge in [-0.25, -0.2) is 0 Å². The van der Waals surface area contributed by atoms with Crippen molar-refractivity contribution < 1.29 is 9.47 Å². The van der Waals surface area contributed by atoms with Crippen LogP contribution in [0.3, 0.4) is 0 Å². The predicted molar refractivity (Wildman–Crippen MR) is 66.7 cm³/mol. The third-order valence-electron chi connectivity index (χ3n) is 2.87. The van der Waals surface area contributed by atoms with Crippen molar-refractivity contribution in [1.29, 1.82) is 0 Å². The molecule has 1 aromatic rings. The Morgan fingerprint density at radius 2 is 2.00 bits per heavy atom. The lowest BCUT2D eigenvalue weighted by Gasteiger charge is -2.33. The zero-order chi connectivity index (χ0) is 11.4. The van der Waals surface area contributed by atoms with Crippen LogP contribution in [0, 0.1) is 0 Å². The maximum absolute atomic E-state index is 5.78. The quantitative estimate of drug-likeness (QED) is 0.805. The second-order valence-electron chi connectivity index (χ2n) is 4.05. The van der Waals surface area contributed by atoms with E-state index >= 15 is 0 Å². The van der Waals surface area contributed by atoms with Gasteiger partial charge < -0.3 is 9.47 Å². The topological polar surface area (TPSA) is 18.5 Å². The number of hydrogen-bond acceptors (Lipinski definition) is 3. The number of benzene rings is 1. The minimum Gasteiger partial charge on any atom is -0.356 e. The molecular weight excluding hydrogens is 220 g/mol. The van der Waals surface area contributed by atoms with Gasteiger partial charge in [-0.05, 0) is 31.9 Å². The molecule has 0 N–H and O–H groups in total. The highest BCUT2D eigenvalue weighted by Gasteiger charge is 2.28. The molecule has 3 unspecified atom stereocenters. The highest BCUT2D eigenvalue weighted by atomic mass is 32.2. The summed E-state index contributed by atoms with van der Waals surface area (Å²) in [6, 6.07) is 10.5. The van der Waals surface area contributed by atoms with Crippen LogP contribution in [0.25, 0.3) is 0 Å². The molecule has 1 heterocycles. The Kier molecular flexibility index (Phi) is 4.27. The van der Waals surface area contributed by atoms with E-state index in [4.69, 9.17) is 9.47 Å². The smallest absolute Gasteiger partial charge is 0.157 e. The molecule has 0 aromatic heterocycles. The average molecular weight is 238 g/mol. The molecule has 0 spiro atoms. The van der Waals surface area contributed by atoms with Gasteiger partial charge in [0.1, 0.15) is 0 Å².